The van der Waals surface area contributed by atoms with Gasteiger partial charge in [-0.05, 0) is 47.9 Å². The molecule has 27 heavy (non-hydrogen) atoms. The number of benzene rings is 3. The van der Waals surface area contributed by atoms with Crippen LogP contribution in [0, 0.1) is 5.92 Å². The van der Waals surface area contributed by atoms with E-state index in [4.69, 9.17) is 4.74 Å². The molecular formula is C22H20N2O3. The molecule has 4 rings (SSSR count). The number of carbonyl (C=O) groups excluding carboxylic acids is 2. The van der Waals surface area contributed by atoms with E-state index in [2.05, 4.69) is 10.6 Å². The second-order valence-corrected chi connectivity index (χ2v) is 6.69. The fourth-order valence-electron chi connectivity index (χ4n) is 3.01. The van der Waals surface area contributed by atoms with Crippen molar-refractivity contribution in [3.8, 4) is 5.75 Å². The molecule has 0 spiro atoms. The summed E-state index contributed by atoms with van der Waals surface area (Å²) in [5.74, 6) is 0.417. The molecule has 0 bridgehead atoms. The normalized spacial score (nSPS) is 13.2. The van der Waals surface area contributed by atoms with E-state index in [1.165, 1.54) is 0 Å². The highest BCUT2D eigenvalue weighted by Crippen LogP contribution is 2.32. The first kappa shape index (κ1) is 17.1. The summed E-state index contributed by atoms with van der Waals surface area (Å²) < 4.78 is 5.20. The fraction of sp³-hybridized carbons (Fsp3) is 0.182. The van der Waals surface area contributed by atoms with Crippen LogP contribution in [0.1, 0.15) is 23.2 Å². The lowest BCUT2D eigenvalue weighted by Crippen LogP contribution is -2.19. The van der Waals surface area contributed by atoms with Crippen LogP contribution in [0.2, 0.25) is 0 Å². The van der Waals surface area contributed by atoms with Crippen molar-refractivity contribution < 1.29 is 14.3 Å². The largest absolute Gasteiger partial charge is 0.497 e. The van der Waals surface area contributed by atoms with Gasteiger partial charge in [0.2, 0.25) is 5.91 Å². The van der Waals surface area contributed by atoms with Crippen molar-refractivity contribution in [1.29, 1.82) is 0 Å². The van der Waals surface area contributed by atoms with Crippen molar-refractivity contribution in [2.24, 2.45) is 5.92 Å². The molecule has 5 nitrogen and oxygen atoms in total. The van der Waals surface area contributed by atoms with E-state index < -0.39 is 0 Å². The maximum atomic E-state index is 12.9. The highest BCUT2D eigenvalue weighted by molar-refractivity contribution is 6.13. The Hall–Kier alpha value is -3.34. The maximum absolute atomic E-state index is 12.9. The fourth-order valence-corrected chi connectivity index (χ4v) is 3.01. The molecule has 2 N–H and O–H groups in total. The van der Waals surface area contributed by atoms with E-state index in [0.29, 0.717) is 22.7 Å². The molecule has 0 heterocycles. The SMILES string of the molecule is COc1cccc(NC(=O)c2cc3ccccc3cc2NC(=O)C2CC2)c1. The van der Waals surface area contributed by atoms with E-state index in [9.17, 15) is 9.59 Å². The molecule has 0 aromatic heterocycles. The first-order valence-corrected chi connectivity index (χ1v) is 8.93. The second kappa shape index (κ2) is 7.11. The average Bonchev–Trinajstić information content (AvgIpc) is 3.53. The topological polar surface area (TPSA) is 67.4 Å². The summed E-state index contributed by atoms with van der Waals surface area (Å²) in [6.45, 7) is 0. The predicted molar refractivity (Wildman–Crippen MR) is 106 cm³/mol. The summed E-state index contributed by atoms with van der Waals surface area (Å²) >= 11 is 0. The monoisotopic (exact) mass is 360 g/mol. The Kier molecular flexibility index (Phi) is 4.50. The number of methoxy groups -OCH3 is 1. The first-order valence-electron chi connectivity index (χ1n) is 8.93. The van der Waals surface area contributed by atoms with E-state index in [0.717, 1.165) is 23.6 Å². The first-order chi connectivity index (χ1) is 13.1. The smallest absolute Gasteiger partial charge is 0.257 e. The number of hydrogen-bond donors (Lipinski definition) is 2. The Morgan fingerprint density at radius 2 is 1.67 bits per heavy atom. The summed E-state index contributed by atoms with van der Waals surface area (Å²) in [5.41, 5.74) is 1.60. The molecule has 3 aromatic carbocycles. The zero-order chi connectivity index (χ0) is 18.8. The quantitative estimate of drug-likeness (QED) is 0.706. The molecular weight excluding hydrogens is 340 g/mol. The van der Waals surface area contributed by atoms with Crippen LogP contribution in [0.3, 0.4) is 0 Å². The van der Waals surface area contributed by atoms with Crippen molar-refractivity contribution in [2.45, 2.75) is 12.8 Å². The van der Waals surface area contributed by atoms with Crippen molar-refractivity contribution in [3.63, 3.8) is 0 Å². The molecule has 1 aliphatic carbocycles. The van der Waals surface area contributed by atoms with Gasteiger partial charge in [0.1, 0.15) is 5.75 Å². The minimum absolute atomic E-state index is 0.0271. The lowest BCUT2D eigenvalue weighted by atomic mass is 10.0. The number of amides is 2. The summed E-state index contributed by atoms with van der Waals surface area (Å²) in [4.78, 5) is 25.2. The number of fused-ring (bicyclic) bond motifs is 1. The Balaban J connectivity index is 1.68. The molecule has 1 saturated carbocycles. The van der Waals surface area contributed by atoms with Gasteiger partial charge in [-0.2, -0.15) is 0 Å². The van der Waals surface area contributed by atoms with Crippen molar-refractivity contribution in [3.05, 3.63) is 66.2 Å². The summed E-state index contributed by atoms with van der Waals surface area (Å²) in [6.07, 6.45) is 1.81. The predicted octanol–water partition coefficient (Wildman–Crippen LogP) is 4.45. The molecule has 2 amide bonds. The zero-order valence-corrected chi connectivity index (χ0v) is 15.0. The number of hydrogen-bond acceptors (Lipinski definition) is 3. The zero-order valence-electron chi connectivity index (χ0n) is 15.0. The molecule has 136 valence electrons. The third-order valence-corrected chi connectivity index (χ3v) is 4.66. The van der Waals surface area contributed by atoms with Crippen molar-refractivity contribution in [1.82, 2.24) is 0 Å². The lowest BCUT2D eigenvalue weighted by Gasteiger charge is -2.13. The third-order valence-electron chi connectivity index (χ3n) is 4.66. The minimum Gasteiger partial charge on any atom is -0.497 e. The van der Waals surface area contributed by atoms with Crippen molar-refractivity contribution in [2.75, 3.05) is 17.7 Å². The van der Waals surface area contributed by atoms with Crippen LogP contribution < -0.4 is 15.4 Å². The second-order valence-electron chi connectivity index (χ2n) is 6.69. The number of anilines is 2. The van der Waals surface area contributed by atoms with Gasteiger partial charge in [0.25, 0.3) is 5.91 Å². The number of carbonyl (C=O) groups is 2. The van der Waals surface area contributed by atoms with Crippen molar-refractivity contribution >= 4 is 34.0 Å². The van der Waals surface area contributed by atoms with Gasteiger partial charge in [0.05, 0.1) is 18.4 Å². The van der Waals surface area contributed by atoms with Gasteiger partial charge in [0, 0.05) is 17.7 Å². The standard InChI is InChI=1S/C22H20N2O3/c1-27-18-8-4-7-17(13-18)23-22(26)19-11-15-5-2-3-6-16(15)12-20(19)24-21(25)14-9-10-14/h2-8,11-14H,9-10H2,1H3,(H,23,26)(H,24,25). The molecule has 0 saturated heterocycles. The van der Waals surface area contributed by atoms with Crippen LogP contribution >= 0.6 is 0 Å². The summed E-state index contributed by atoms with van der Waals surface area (Å²) in [7, 11) is 1.58. The van der Waals surface area contributed by atoms with Gasteiger partial charge in [-0.1, -0.05) is 30.3 Å². The molecule has 1 aliphatic rings. The van der Waals surface area contributed by atoms with Crippen LogP contribution in [0.4, 0.5) is 11.4 Å². The maximum Gasteiger partial charge on any atom is 0.257 e. The van der Waals surface area contributed by atoms with Gasteiger partial charge in [-0.3, -0.25) is 9.59 Å². The number of rotatable bonds is 5. The van der Waals surface area contributed by atoms with Crippen LogP contribution in [-0.2, 0) is 4.79 Å². The van der Waals surface area contributed by atoms with Crippen LogP contribution in [0.25, 0.3) is 10.8 Å². The Bertz CT molecular complexity index is 1020. The average molecular weight is 360 g/mol. The summed E-state index contributed by atoms with van der Waals surface area (Å²) in [6, 6.07) is 18.6. The molecule has 0 aliphatic heterocycles. The van der Waals surface area contributed by atoms with Crippen LogP contribution in [-0.4, -0.2) is 18.9 Å². The number of ether oxygens (including phenoxy) is 1. The van der Waals surface area contributed by atoms with Gasteiger partial charge >= 0.3 is 0 Å². The molecule has 3 aromatic rings. The Morgan fingerprint density at radius 1 is 0.926 bits per heavy atom. The Morgan fingerprint density at radius 3 is 2.37 bits per heavy atom. The van der Waals surface area contributed by atoms with Crippen LogP contribution in [0.5, 0.6) is 5.75 Å². The number of nitrogens with one attached hydrogen (secondary N) is 2. The lowest BCUT2D eigenvalue weighted by molar-refractivity contribution is -0.117. The molecule has 0 unspecified atom stereocenters. The summed E-state index contributed by atoms with van der Waals surface area (Å²) in [5, 5.41) is 7.73. The Labute approximate surface area is 157 Å². The van der Waals surface area contributed by atoms with Crippen LogP contribution in [0.15, 0.2) is 60.7 Å². The molecule has 0 radical (unpaired) electrons. The van der Waals surface area contributed by atoms with E-state index >= 15 is 0 Å². The van der Waals surface area contributed by atoms with Gasteiger partial charge in [-0.15, -0.1) is 0 Å². The molecule has 1 fully saturated rings. The minimum atomic E-state index is -0.278. The third kappa shape index (κ3) is 3.77. The van der Waals surface area contributed by atoms with Gasteiger partial charge < -0.3 is 15.4 Å². The van der Waals surface area contributed by atoms with Gasteiger partial charge in [0.15, 0.2) is 0 Å². The van der Waals surface area contributed by atoms with E-state index in [1.54, 1.807) is 19.2 Å². The molecule has 0 atom stereocenters. The van der Waals surface area contributed by atoms with E-state index in [1.807, 2.05) is 48.5 Å². The highest BCUT2D eigenvalue weighted by Gasteiger charge is 2.30. The van der Waals surface area contributed by atoms with E-state index in [-0.39, 0.29) is 17.7 Å². The molecule has 5 heteroatoms. The van der Waals surface area contributed by atoms with Gasteiger partial charge in [-0.25, -0.2) is 0 Å². The highest BCUT2D eigenvalue weighted by atomic mass is 16.5.